The molecule has 3 aliphatic rings. The van der Waals surface area contributed by atoms with Gasteiger partial charge in [0.1, 0.15) is 0 Å². The highest BCUT2D eigenvalue weighted by atomic mass is 16.2. The van der Waals surface area contributed by atoms with Crippen LogP contribution in [0, 0.1) is 11.3 Å². The van der Waals surface area contributed by atoms with Crippen LogP contribution in [-0.2, 0) is 9.59 Å². The Morgan fingerprint density at radius 3 is 3.06 bits per heavy atom. The van der Waals surface area contributed by atoms with E-state index in [9.17, 15) is 9.59 Å². The minimum Gasteiger partial charge on any atom is -0.356 e. The Bertz CT molecular complexity index is 439. The number of nitrogens with one attached hydrogen (secondary N) is 2. The molecule has 0 saturated carbocycles. The first-order valence-electron chi connectivity index (χ1n) is 6.17. The summed E-state index contributed by atoms with van der Waals surface area (Å²) < 4.78 is 0. The van der Waals surface area contributed by atoms with E-state index in [0.29, 0.717) is 19.4 Å². The van der Waals surface area contributed by atoms with Gasteiger partial charge in [-0.25, -0.2) is 0 Å². The number of fused-ring (bicyclic) bond motifs is 2. The van der Waals surface area contributed by atoms with Crippen LogP contribution in [0.2, 0.25) is 0 Å². The average molecular weight is 232 g/mol. The molecule has 4 nitrogen and oxygen atoms in total. The van der Waals surface area contributed by atoms with Crippen molar-refractivity contribution in [3.8, 4) is 0 Å². The van der Waals surface area contributed by atoms with Crippen LogP contribution in [0.4, 0.5) is 0 Å². The second kappa shape index (κ2) is 3.72. The Kier molecular flexibility index (Phi) is 2.31. The van der Waals surface area contributed by atoms with Gasteiger partial charge >= 0.3 is 0 Å². The molecule has 90 valence electrons. The van der Waals surface area contributed by atoms with Gasteiger partial charge in [0.15, 0.2) is 0 Å². The predicted molar refractivity (Wildman–Crippen MR) is 62.8 cm³/mol. The zero-order valence-electron chi connectivity index (χ0n) is 9.66. The molecule has 2 heterocycles. The summed E-state index contributed by atoms with van der Waals surface area (Å²) in [4.78, 5) is 23.7. The molecule has 2 fully saturated rings. The van der Waals surface area contributed by atoms with E-state index >= 15 is 0 Å². The van der Waals surface area contributed by atoms with E-state index in [0.717, 1.165) is 18.5 Å². The fraction of sp³-hybridized carbons (Fsp3) is 0.538. The van der Waals surface area contributed by atoms with Gasteiger partial charge in [-0.3, -0.25) is 9.59 Å². The summed E-state index contributed by atoms with van der Waals surface area (Å²) in [5, 5.41) is 5.85. The van der Waals surface area contributed by atoms with Crippen LogP contribution in [0.3, 0.4) is 0 Å². The van der Waals surface area contributed by atoms with Crippen molar-refractivity contribution < 1.29 is 9.59 Å². The van der Waals surface area contributed by atoms with Gasteiger partial charge in [0.2, 0.25) is 11.8 Å². The van der Waals surface area contributed by atoms with E-state index in [2.05, 4.69) is 16.7 Å². The highest BCUT2D eigenvalue weighted by Crippen LogP contribution is 2.48. The minimum absolute atomic E-state index is 0.0680. The van der Waals surface area contributed by atoms with Crippen molar-refractivity contribution in [3.63, 3.8) is 0 Å². The zero-order chi connectivity index (χ0) is 11.9. The molecular weight excluding hydrogens is 216 g/mol. The lowest BCUT2D eigenvalue weighted by molar-refractivity contribution is -0.129. The van der Waals surface area contributed by atoms with Gasteiger partial charge in [-0.2, -0.15) is 0 Å². The van der Waals surface area contributed by atoms with E-state index in [1.807, 2.05) is 12.2 Å². The van der Waals surface area contributed by atoms with E-state index in [4.69, 9.17) is 0 Å². The quantitative estimate of drug-likeness (QED) is 0.651. The molecule has 1 spiro atoms. The van der Waals surface area contributed by atoms with Gasteiger partial charge in [0.05, 0.1) is 5.41 Å². The van der Waals surface area contributed by atoms with Crippen LogP contribution < -0.4 is 10.6 Å². The van der Waals surface area contributed by atoms with E-state index in [1.165, 1.54) is 0 Å². The third-order valence-corrected chi connectivity index (χ3v) is 4.23. The smallest absolute Gasteiger partial charge is 0.231 e. The van der Waals surface area contributed by atoms with Crippen LogP contribution in [-0.4, -0.2) is 18.4 Å². The highest BCUT2D eigenvalue weighted by molar-refractivity contribution is 5.90. The molecular formula is C13H16N2O2. The maximum absolute atomic E-state index is 12.3. The number of rotatable bonds is 0. The Labute approximate surface area is 100 Å². The molecule has 2 aliphatic heterocycles. The molecule has 0 radical (unpaired) electrons. The topological polar surface area (TPSA) is 58.2 Å². The van der Waals surface area contributed by atoms with Gasteiger partial charge in [0, 0.05) is 24.6 Å². The number of amides is 2. The monoisotopic (exact) mass is 232 g/mol. The molecule has 2 unspecified atom stereocenters. The van der Waals surface area contributed by atoms with Crippen LogP contribution in [0.1, 0.15) is 25.7 Å². The molecule has 0 aromatic heterocycles. The summed E-state index contributed by atoms with van der Waals surface area (Å²) in [6, 6.07) is 0. The first kappa shape index (κ1) is 10.6. The van der Waals surface area contributed by atoms with Gasteiger partial charge in [-0.15, -0.1) is 0 Å². The second-order valence-electron chi connectivity index (χ2n) is 5.05. The Morgan fingerprint density at radius 1 is 1.29 bits per heavy atom. The maximum Gasteiger partial charge on any atom is 0.231 e. The molecule has 1 aliphatic carbocycles. The average Bonchev–Trinajstić information content (AvgIpc) is 2.48. The van der Waals surface area contributed by atoms with E-state index in [1.54, 1.807) is 0 Å². The summed E-state index contributed by atoms with van der Waals surface area (Å²) in [6.07, 6.45) is 8.86. The molecule has 17 heavy (non-hydrogen) atoms. The first-order chi connectivity index (χ1) is 8.22. The summed E-state index contributed by atoms with van der Waals surface area (Å²) in [7, 11) is 0. The highest BCUT2D eigenvalue weighted by Gasteiger charge is 2.52. The largest absolute Gasteiger partial charge is 0.356 e. The van der Waals surface area contributed by atoms with E-state index in [-0.39, 0.29) is 23.1 Å². The Balaban J connectivity index is 1.95. The molecule has 2 amide bonds. The predicted octanol–water partition coefficient (Wildman–Crippen LogP) is 0.863. The van der Waals surface area contributed by atoms with Crippen molar-refractivity contribution in [1.29, 1.82) is 0 Å². The fourth-order valence-corrected chi connectivity index (χ4v) is 3.25. The second-order valence-corrected chi connectivity index (χ2v) is 5.05. The number of hydrogen-bond acceptors (Lipinski definition) is 2. The van der Waals surface area contributed by atoms with Gasteiger partial charge < -0.3 is 10.6 Å². The standard InChI is InChI=1S/C13H16N2O2/c16-11-5-6-13(7-8-14-11)9-3-1-2-4-10(9)15-12(13)17/h1-2,4,9H,3,5-8H2,(H,14,16)(H,15,17). The molecule has 2 atom stereocenters. The van der Waals surface area contributed by atoms with Crippen molar-refractivity contribution in [2.45, 2.75) is 25.7 Å². The van der Waals surface area contributed by atoms with Gasteiger partial charge in [-0.1, -0.05) is 12.2 Å². The minimum atomic E-state index is -0.365. The van der Waals surface area contributed by atoms with Crippen molar-refractivity contribution in [2.75, 3.05) is 6.54 Å². The molecule has 2 N–H and O–H groups in total. The lowest BCUT2D eigenvalue weighted by atomic mass is 9.69. The Morgan fingerprint density at radius 2 is 2.18 bits per heavy atom. The number of carbonyl (C=O) groups excluding carboxylic acids is 2. The molecule has 0 aromatic carbocycles. The normalized spacial score (nSPS) is 36.0. The van der Waals surface area contributed by atoms with Crippen molar-refractivity contribution in [1.82, 2.24) is 10.6 Å². The molecule has 2 saturated heterocycles. The van der Waals surface area contributed by atoms with Crippen LogP contribution in [0.5, 0.6) is 0 Å². The molecule has 0 bridgehead atoms. The Hall–Kier alpha value is -1.58. The van der Waals surface area contributed by atoms with Gasteiger partial charge in [-0.05, 0) is 25.3 Å². The molecule has 4 heteroatoms. The number of allylic oxidation sites excluding steroid dienone is 4. The van der Waals surface area contributed by atoms with Crippen LogP contribution in [0.25, 0.3) is 0 Å². The maximum atomic E-state index is 12.3. The van der Waals surface area contributed by atoms with Crippen LogP contribution >= 0.6 is 0 Å². The van der Waals surface area contributed by atoms with Crippen molar-refractivity contribution in [2.24, 2.45) is 11.3 Å². The van der Waals surface area contributed by atoms with Crippen molar-refractivity contribution >= 4 is 11.8 Å². The third kappa shape index (κ3) is 1.51. The summed E-state index contributed by atoms with van der Waals surface area (Å²) in [5.41, 5.74) is 0.669. The third-order valence-electron chi connectivity index (χ3n) is 4.23. The fourth-order valence-electron chi connectivity index (χ4n) is 3.25. The summed E-state index contributed by atoms with van der Waals surface area (Å²) in [5.74, 6) is 0.417. The molecule has 0 aromatic rings. The lowest BCUT2D eigenvalue weighted by Gasteiger charge is -2.31. The van der Waals surface area contributed by atoms with Crippen molar-refractivity contribution in [3.05, 3.63) is 23.9 Å². The molecule has 3 rings (SSSR count). The lowest BCUT2D eigenvalue weighted by Crippen LogP contribution is -2.36. The summed E-state index contributed by atoms with van der Waals surface area (Å²) in [6.45, 7) is 0.611. The zero-order valence-corrected chi connectivity index (χ0v) is 9.66. The number of hydrogen-bond donors (Lipinski definition) is 2. The first-order valence-corrected chi connectivity index (χ1v) is 6.17. The van der Waals surface area contributed by atoms with Crippen LogP contribution in [0.15, 0.2) is 23.9 Å². The van der Waals surface area contributed by atoms with E-state index < -0.39 is 0 Å². The summed E-state index contributed by atoms with van der Waals surface area (Å²) >= 11 is 0. The number of carbonyl (C=O) groups is 2. The van der Waals surface area contributed by atoms with Gasteiger partial charge in [0.25, 0.3) is 0 Å². The SMILES string of the molecule is O=C1CCC2(CCN1)C(=O)NC1=CC=CCC12.